The predicted octanol–water partition coefficient (Wildman–Crippen LogP) is 6.26. The van der Waals surface area contributed by atoms with Crippen LogP contribution in [0.25, 0.3) is 10.9 Å². The first-order valence-electron chi connectivity index (χ1n) is 13.6. The van der Waals surface area contributed by atoms with Gasteiger partial charge in [-0.2, -0.15) is 9.78 Å². The Balaban J connectivity index is 1.44. The van der Waals surface area contributed by atoms with Gasteiger partial charge in [0.05, 0.1) is 37.0 Å². The van der Waals surface area contributed by atoms with Gasteiger partial charge in [0.1, 0.15) is 11.6 Å². The molecule has 218 valence electrons. The number of hydrogen-bond donors (Lipinski definition) is 1. The van der Waals surface area contributed by atoms with Crippen LogP contribution in [0, 0.1) is 5.82 Å². The van der Waals surface area contributed by atoms with Crippen LogP contribution in [-0.4, -0.2) is 42.6 Å². The molecule has 1 N–H and O–H groups in total. The molecule has 4 aromatic rings. The topological polar surface area (TPSA) is 104 Å². The quantitative estimate of drug-likeness (QED) is 0.217. The van der Waals surface area contributed by atoms with Crippen molar-refractivity contribution < 1.29 is 23.4 Å². The normalized spacial score (nSPS) is 13.8. The summed E-state index contributed by atoms with van der Waals surface area (Å²) in [5, 5.41) is 7.53. The van der Waals surface area contributed by atoms with E-state index in [9.17, 15) is 14.0 Å². The molecule has 1 fully saturated rings. The number of carbonyl (C=O) groups excluding carboxylic acids is 1. The van der Waals surface area contributed by atoms with Crippen LogP contribution in [0.3, 0.4) is 0 Å². The Kier molecular flexibility index (Phi) is 9.16. The van der Waals surface area contributed by atoms with E-state index in [4.69, 9.17) is 19.2 Å². The van der Waals surface area contributed by atoms with E-state index in [0.717, 1.165) is 30.2 Å². The van der Waals surface area contributed by atoms with Crippen LogP contribution in [0.15, 0.2) is 69.0 Å². The van der Waals surface area contributed by atoms with Crippen LogP contribution in [0.1, 0.15) is 49.4 Å². The summed E-state index contributed by atoms with van der Waals surface area (Å²) in [7, 11) is 2.91. The molecule has 3 aromatic carbocycles. The molecule has 42 heavy (non-hydrogen) atoms. The van der Waals surface area contributed by atoms with E-state index in [1.807, 2.05) is 12.1 Å². The largest absolute Gasteiger partial charge is 0.493 e. The lowest BCUT2D eigenvalue weighted by molar-refractivity contribution is -0.118. The number of methoxy groups -OCH3 is 2. The zero-order chi connectivity index (χ0) is 29.6. The van der Waals surface area contributed by atoms with Gasteiger partial charge in [-0.15, -0.1) is 0 Å². The molecule has 1 saturated carbocycles. The summed E-state index contributed by atoms with van der Waals surface area (Å²) in [5.74, 6) is 0.435. The van der Waals surface area contributed by atoms with E-state index >= 15 is 0 Å². The Morgan fingerprint density at radius 1 is 1.10 bits per heavy atom. The average molecular weight is 638 g/mol. The summed E-state index contributed by atoms with van der Waals surface area (Å²) in [6.45, 7) is -0.410. The fourth-order valence-electron chi connectivity index (χ4n) is 5.03. The number of nitrogens with zero attached hydrogens (tertiary/aromatic N) is 3. The lowest BCUT2D eigenvalue weighted by atomic mass is 9.88. The van der Waals surface area contributed by atoms with Crippen molar-refractivity contribution in [2.24, 2.45) is 5.10 Å². The third-order valence-corrected chi connectivity index (χ3v) is 7.60. The molecule has 5 rings (SSSR count). The molecular formula is C31H30BrFN4O5. The lowest BCUT2D eigenvalue weighted by Crippen LogP contribution is -2.25. The smallest absolute Gasteiger partial charge is 0.282 e. The van der Waals surface area contributed by atoms with Gasteiger partial charge in [-0.3, -0.25) is 9.59 Å². The molecule has 0 saturated heterocycles. The number of nitrogens with one attached hydrogen (secondary N) is 1. The first-order valence-corrected chi connectivity index (χ1v) is 14.4. The zero-order valence-electron chi connectivity index (χ0n) is 23.2. The van der Waals surface area contributed by atoms with Crippen molar-refractivity contribution in [2.45, 2.75) is 38.0 Å². The van der Waals surface area contributed by atoms with E-state index in [1.165, 1.54) is 43.5 Å². The number of halogens is 2. The van der Waals surface area contributed by atoms with Crippen molar-refractivity contribution in [3.05, 3.63) is 86.6 Å². The summed E-state index contributed by atoms with van der Waals surface area (Å²) in [6, 6.07) is 14.6. The van der Waals surface area contributed by atoms with Gasteiger partial charge < -0.3 is 19.5 Å². The molecule has 1 heterocycles. The van der Waals surface area contributed by atoms with Crippen molar-refractivity contribution in [2.75, 3.05) is 26.1 Å². The van der Waals surface area contributed by atoms with Gasteiger partial charge >= 0.3 is 0 Å². The lowest BCUT2D eigenvalue weighted by Gasteiger charge is -2.22. The molecule has 1 aliphatic rings. The predicted molar refractivity (Wildman–Crippen MR) is 163 cm³/mol. The maximum Gasteiger partial charge on any atom is 0.282 e. The number of rotatable bonds is 9. The first-order chi connectivity index (χ1) is 20.4. The number of hydrogen-bond acceptors (Lipinski definition) is 7. The number of fused-ring (bicyclic) bond motifs is 1. The third-order valence-electron chi connectivity index (χ3n) is 7.10. The second-order valence-electron chi connectivity index (χ2n) is 9.90. The van der Waals surface area contributed by atoms with E-state index in [-0.39, 0.29) is 34.4 Å². The Morgan fingerprint density at radius 2 is 1.81 bits per heavy atom. The maximum atomic E-state index is 13.9. The molecule has 1 aliphatic carbocycles. The summed E-state index contributed by atoms with van der Waals surface area (Å²) in [4.78, 5) is 30.9. The van der Waals surface area contributed by atoms with Gasteiger partial charge in [-0.25, -0.2) is 9.37 Å². The number of para-hydroxylation sites is 1. The van der Waals surface area contributed by atoms with Crippen LogP contribution >= 0.6 is 15.9 Å². The summed E-state index contributed by atoms with van der Waals surface area (Å²) >= 11 is 3.45. The minimum absolute atomic E-state index is 0.0509. The molecule has 0 unspecified atom stereocenters. The van der Waals surface area contributed by atoms with Crippen molar-refractivity contribution in [3.63, 3.8) is 0 Å². The molecule has 0 bridgehead atoms. The fourth-order valence-corrected chi connectivity index (χ4v) is 5.39. The minimum atomic E-state index is -0.556. The highest BCUT2D eigenvalue weighted by molar-refractivity contribution is 9.10. The molecule has 11 heteroatoms. The number of anilines is 1. The Morgan fingerprint density at radius 3 is 2.50 bits per heavy atom. The second kappa shape index (κ2) is 13.2. The van der Waals surface area contributed by atoms with Crippen molar-refractivity contribution in [1.29, 1.82) is 0 Å². The highest BCUT2D eigenvalue weighted by atomic mass is 79.9. The number of benzene rings is 3. The summed E-state index contributed by atoms with van der Waals surface area (Å²) < 4.78 is 32.8. The zero-order valence-corrected chi connectivity index (χ0v) is 24.8. The van der Waals surface area contributed by atoms with Gasteiger partial charge in [-0.1, -0.05) is 47.3 Å². The van der Waals surface area contributed by atoms with E-state index < -0.39 is 18.3 Å². The van der Waals surface area contributed by atoms with Crippen LogP contribution < -0.4 is 25.1 Å². The third kappa shape index (κ3) is 6.46. The molecule has 0 aliphatic heterocycles. The summed E-state index contributed by atoms with van der Waals surface area (Å²) in [6.07, 6.45) is 6.76. The maximum absolute atomic E-state index is 13.9. The van der Waals surface area contributed by atoms with E-state index in [0.29, 0.717) is 22.3 Å². The van der Waals surface area contributed by atoms with E-state index in [2.05, 4.69) is 26.3 Å². The Bertz CT molecular complexity index is 1680. The highest BCUT2D eigenvalue weighted by Crippen LogP contribution is 2.38. The van der Waals surface area contributed by atoms with E-state index in [1.54, 1.807) is 30.5 Å². The number of ether oxygens (including phenoxy) is 3. The van der Waals surface area contributed by atoms with Gasteiger partial charge in [0.2, 0.25) is 5.75 Å². The number of amides is 1. The standard InChI is InChI=1S/C31H30BrFN4O5/c1-40-26-14-19(15-27(41-2)29(26)42-18-28(38)35-25-11-7-6-10-23(25)33)17-34-37-30(20-8-4-3-5-9-20)36-24-13-12-21(32)16-22(24)31(37)39/h6-7,10-17,20H,3-5,8-9,18H2,1-2H3,(H,35,38). The van der Waals surface area contributed by atoms with Crippen LogP contribution in [0.2, 0.25) is 0 Å². The first kappa shape index (κ1) is 29.2. The summed E-state index contributed by atoms with van der Waals surface area (Å²) in [5.41, 5.74) is 1.01. The highest BCUT2D eigenvalue weighted by Gasteiger charge is 2.23. The Labute approximate surface area is 250 Å². The number of aromatic nitrogens is 2. The van der Waals surface area contributed by atoms with Crippen molar-refractivity contribution in [1.82, 2.24) is 9.66 Å². The van der Waals surface area contributed by atoms with Gasteiger partial charge in [0.25, 0.3) is 11.5 Å². The molecule has 1 aromatic heterocycles. The monoisotopic (exact) mass is 636 g/mol. The number of carbonyl (C=O) groups is 1. The molecular weight excluding hydrogens is 607 g/mol. The Hall–Kier alpha value is -4.25. The molecule has 0 spiro atoms. The van der Waals surface area contributed by atoms with Crippen LogP contribution in [-0.2, 0) is 4.79 Å². The minimum Gasteiger partial charge on any atom is -0.493 e. The SMILES string of the molecule is COc1cc(C=Nn2c(C3CCCCC3)nc3ccc(Br)cc3c2=O)cc(OC)c1OCC(=O)Nc1ccccc1F. The van der Waals surface area contributed by atoms with Crippen molar-refractivity contribution in [3.8, 4) is 17.2 Å². The van der Waals surface area contributed by atoms with Crippen LogP contribution in [0.5, 0.6) is 17.2 Å². The molecule has 1 amide bonds. The second-order valence-corrected chi connectivity index (χ2v) is 10.8. The fraction of sp³-hybridized carbons (Fsp3) is 0.290. The van der Waals surface area contributed by atoms with Crippen molar-refractivity contribution >= 4 is 44.6 Å². The average Bonchev–Trinajstić information content (AvgIpc) is 3.01. The van der Waals surface area contributed by atoms with Gasteiger partial charge in [0, 0.05) is 16.0 Å². The molecule has 9 nitrogen and oxygen atoms in total. The van der Waals surface area contributed by atoms with Crippen LogP contribution in [0.4, 0.5) is 10.1 Å². The molecule has 0 atom stereocenters. The van der Waals surface area contributed by atoms with Gasteiger partial charge in [-0.05, 0) is 55.3 Å². The van der Waals surface area contributed by atoms with Gasteiger partial charge in [0.15, 0.2) is 18.1 Å². The molecule has 0 radical (unpaired) electrons.